The third-order valence-corrected chi connectivity index (χ3v) is 2.75. The number of nitrogens with zero attached hydrogens (tertiary/aromatic N) is 1. The number of esters is 1. The molecular formula is C13H12F2NO2+. The van der Waals surface area contributed by atoms with E-state index in [-0.39, 0.29) is 0 Å². The summed E-state index contributed by atoms with van der Waals surface area (Å²) in [5.41, 5.74) is 0.835. The molecule has 0 aliphatic heterocycles. The lowest BCUT2D eigenvalue weighted by molar-refractivity contribution is -0.668. The van der Waals surface area contributed by atoms with E-state index in [1.165, 1.54) is 13.2 Å². The van der Waals surface area contributed by atoms with Crippen molar-refractivity contribution in [1.29, 1.82) is 0 Å². The molecule has 2 aromatic rings. The number of fused-ring (bicyclic) bond motifs is 1. The number of methoxy groups -OCH3 is 1. The average molecular weight is 252 g/mol. The third-order valence-electron chi connectivity index (χ3n) is 2.75. The highest BCUT2D eigenvalue weighted by Crippen LogP contribution is 2.17. The summed E-state index contributed by atoms with van der Waals surface area (Å²) >= 11 is 0. The molecule has 0 aliphatic rings. The fourth-order valence-corrected chi connectivity index (χ4v) is 1.85. The fraction of sp³-hybridized carbons (Fsp3) is 0.231. The van der Waals surface area contributed by atoms with Gasteiger partial charge in [-0.2, -0.15) is 4.57 Å². The van der Waals surface area contributed by atoms with Gasteiger partial charge in [-0.05, 0) is 19.1 Å². The largest absolute Gasteiger partial charge is 0.465 e. The Balaban J connectivity index is 2.75. The van der Waals surface area contributed by atoms with E-state index in [2.05, 4.69) is 4.74 Å². The Bertz CT molecular complexity index is 626. The van der Waals surface area contributed by atoms with Crippen LogP contribution in [0.25, 0.3) is 10.9 Å². The molecule has 0 aliphatic carbocycles. The van der Waals surface area contributed by atoms with Gasteiger partial charge in [-0.3, -0.25) is 0 Å². The van der Waals surface area contributed by atoms with Gasteiger partial charge in [0.15, 0.2) is 17.8 Å². The van der Waals surface area contributed by atoms with Crippen molar-refractivity contribution in [3.8, 4) is 0 Å². The molecule has 0 spiro atoms. The molecule has 0 atom stereocenters. The van der Waals surface area contributed by atoms with Crippen LogP contribution in [0.1, 0.15) is 17.3 Å². The molecule has 0 radical (unpaired) electrons. The Hall–Kier alpha value is -2.04. The van der Waals surface area contributed by atoms with E-state index >= 15 is 0 Å². The van der Waals surface area contributed by atoms with Crippen molar-refractivity contribution in [2.75, 3.05) is 7.11 Å². The van der Waals surface area contributed by atoms with E-state index in [1.807, 2.05) is 6.92 Å². The molecule has 0 N–H and O–H groups in total. The normalized spacial score (nSPS) is 10.7. The number of aromatic nitrogens is 1. The van der Waals surface area contributed by atoms with E-state index in [4.69, 9.17) is 0 Å². The second-order valence-electron chi connectivity index (χ2n) is 3.83. The number of pyridine rings is 1. The number of halogens is 2. The molecule has 0 saturated heterocycles. The molecule has 1 aromatic carbocycles. The summed E-state index contributed by atoms with van der Waals surface area (Å²) in [4.78, 5) is 11.5. The Morgan fingerprint density at radius 3 is 2.56 bits per heavy atom. The van der Waals surface area contributed by atoms with Crippen molar-refractivity contribution in [3.05, 3.63) is 41.6 Å². The minimum atomic E-state index is -0.938. The smallest absolute Gasteiger partial charge is 0.343 e. The molecular weight excluding hydrogens is 240 g/mol. The van der Waals surface area contributed by atoms with Crippen LogP contribution in [0.2, 0.25) is 0 Å². The number of aryl methyl sites for hydroxylation is 1. The summed E-state index contributed by atoms with van der Waals surface area (Å²) in [6.45, 7) is 2.38. The number of carbonyl (C=O) groups is 1. The first kappa shape index (κ1) is 12.4. The standard InChI is InChI=1S/C13H12F2NO2/c1-3-16-7-9(13(17)18-2)4-8-5-10(14)11(15)6-12(8)16/h4-7H,3H2,1-2H3/q+1. The van der Waals surface area contributed by atoms with Gasteiger partial charge in [0.2, 0.25) is 5.52 Å². The predicted molar refractivity (Wildman–Crippen MR) is 61.1 cm³/mol. The lowest BCUT2D eigenvalue weighted by Gasteiger charge is -2.03. The van der Waals surface area contributed by atoms with Crippen molar-refractivity contribution < 1.29 is 22.9 Å². The van der Waals surface area contributed by atoms with Gasteiger partial charge in [-0.15, -0.1) is 0 Å². The zero-order valence-electron chi connectivity index (χ0n) is 10.0. The molecule has 2 rings (SSSR count). The first-order valence-corrected chi connectivity index (χ1v) is 5.47. The highest BCUT2D eigenvalue weighted by Gasteiger charge is 2.17. The molecule has 1 heterocycles. The van der Waals surface area contributed by atoms with Crippen LogP contribution in [0.3, 0.4) is 0 Å². The van der Waals surface area contributed by atoms with Crippen molar-refractivity contribution in [2.45, 2.75) is 13.5 Å². The molecule has 0 saturated carbocycles. The fourth-order valence-electron chi connectivity index (χ4n) is 1.85. The molecule has 0 fully saturated rings. The Labute approximate surface area is 103 Å². The number of hydrogen-bond donors (Lipinski definition) is 0. The molecule has 1 aromatic heterocycles. The van der Waals surface area contributed by atoms with Gasteiger partial charge in [0.05, 0.1) is 12.5 Å². The van der Waals surface area contributed by atoms with Gasteiger partial charge in [0.25, 0.3) is 0 Å². The minimum Gasteiger partial charge on any atom is -0.465 e. The van der Waals surface area contributed by atoms with Gasteiger partial charge in [-0.25, -0.2) is 13.6 Å². The van der Waals surface area contributed by atoms with Crippen LogP contribution < -0.4 is 4.57 Å². The van der Waals surface area contributed by atoms with Crippen LogP contribution in [-0.2, 0) is 11.3 Å². The molecule has 0 unspecified atom stereocenters. The maximum absolute atomic E-state index is 13.2. The maximum atomic E-state index is 13.2. The van der Waals surface area contributed by atoms with E-state index in [0.717, 1.165) is 12.1 Å². The van der Waals surface area contributed by atoms with Crippen LogP contribution in [0.5, 0.6) is 0 Å². The van der Waals surface area contributed by atoms with Gasteiger partial charge < -0.3 is 4.74 Å². The zero-order chi connectivity index (χ0) is 13.3. The Morgan fingerprint density at radius 1 is 1.28 bits per heavy atom. The van der Waals surface area contributed by atoms with Crippen molar-refractivity contribution in [2.24, 2.45) is 0 Å². The van der Waals surface area contributed by atoms with E-state index in [9.17, 15) is 13.6 Å². The second kappa shape index (κ2) is 4.68. The monoisotopic (exact) mass is 252 g/mol. The Kier molecular flexibility index (Phi) is 3.23. The van der Waals surface area contributed by atoms with E-state index in [0.29, 0.717) is 23.0 Å². The van der Waals surface area contributed by atoms with Gasteiger partial charge >= 0.3 is 5.97 Å². The lowest BCUT2D eigenvalue weighted by Crippen LogP contribution is -2.34. The molecule has 5 heteroatoms. The van der Waals surface area contributed by atoms with Crippen LogP contribution >= 0.6 is 0 Å². The van der Waals surface area contributed by atoms with E-state index in [1.54, 1.807) is 10.8 Å². The summed E-state index contributed by atoms with van der Waals surface area (Å²) in [5, 5.41) is 0.457. The SMILES string of the molecule is CC[n+]1cc(C(=O)OC)cc2cc(F)c(F)cc21. The summed E-state index contributed by atoms with van der Waals surface area (Å²) in [5.74, 6) is -2.36. The number of benzene rings is 1. The lowest BCUT2D eigenvalue weighted by atomic mass is 10.1. The molecule has 94 valence electrons. The highest BCUT2D eigenvalue weighted by molar-refractivity contribution is 5.92. The summed E-state index contributed by atoms with van der Waals surface area (Å²) in [7, 11) is 1.27. The number of rotatable bonds is 2. The predicted octanol–water partition coefficient (Wildman–Crippen LogP) is 2.21. The van der Waals surface area contributed by atoms with Crippen LogP contribution in [0.15, 0.2) is 24.4 Å². The molecule has 0 bridgehead atoms. The summed E-state index contributed by atoms with van der Waals surface area (Å²) < 4.78 is 32.7. The van der Waals surface area contributed by atoms with Crippen LogP contribution in [0.4, 0.5) is 8.78 Å². The van der Waals surface area contributed by atoms with Crippen molar-refractivity contribution in [1.82, 2.24) is 0 Å². The molecule has 3 nitrogen and oxygen atoms in total. The highest BCUT2D eigenvalue weighted by atomic mass is 19.2. The van der Waals surface area contributed by atoms with E-state index < -0.39 is 17.6 Å². The van der Waals surface area contributed by atoms with Gasteiger partial charge in [-0.1, -0.05) is 0 Å². The van der Waals surface area contributed by atoms with Gasteiger partial charge in [0, 0.05) is 6.07 Å². The Morgan fingerprint density at radius 2 is 1.94 bits per heavy atom. The first-order valence-electron chi connectivity index (χ1n) is 5.47. The topological polar surface area (TPSA) is 30.2 Å². The minimum absolute atomic E-state index is 0.304. The average Bonchev–Trinajstić information content (AvgIpc) is 2.38. The number of ether oxygens (including phenoxy) is 1. The first-order chi connectivity index (χ1) is 8.56. The van der Waals surface area contributed by atoms with Crippen molar-refractivity contribution >= 4 is 16.9 Å². The van der Waals surface area contributed by atoms with Crippen molar-refractivity contribution in [3.63, 3.8) is 0 Å². The molecule has 18 heavy (non-hydrogen) atoms. The molecule has 0 amide bonds. The number of carbonyl (C=O) groups excluding carboxylic acids is 1. The van der Waals surface area contributed by atoms with Crippen LogP contribution in [-0.4, -0.2) is 13.1 Å². The number of hydrogen-bond acceptors (Lipinski definition) is 2. The maximum Gasteiger partial charge on any atom is 0.343 e. The van der Waals surface area contributed by atoms with Gasteiger partial charge in [0.1, 0.15) is 12.1 Å². The summed E-state index contributed by atoms with van der Waals surface area (Å²) in [6.07, 6.45) is 1.56. The zero-order valence-corrected chi connectivity index (χ0v) is 10.0. The second-order valence-corrected chi connectivity index (χ2v) is 3.83. The van der Waals surface area contributed by atoms with Crippen LogP contribution in [0, 0.1) is 11.6 Å². The summed E-state index contributed by atoms with van der Waals surface area (Å²) in [6, 6.07) is 3.67. The third kappa shape index (κ3) is 2.03. The quantitative estimate of drug-likeness (QED) is 0.606.